The Kier molecular flexibility index (Phi) is 12.7. The van der Waals surface area contributed by atoms with Crippen LogP contribution in [-0.2, 0) is 4.79 Å². The van der Waals surface area contributed by atoms with Gasteiger partial charge in [0.25, 0.3) is 0 Å². The molecule has 1 aliphatic heterocycles. The third-order valence-corrected chi connectivity index (χ3v) is 4.69. The topological polar surface area (TPSA) is 44.4 Å². The molecule has 1 saturated heterocycles. The number of carbonyl (C=O) groups is 1. The number of piperidine rings is 1. The van der Waals surface area contributed by atoms with Crippen molar-refractivity contribution in [3.05, 3.63) is 29.8 Å². The maximum Gasteiger partial charge on any atom is 0.220 e. The summed E-state index contributed by atoms with van der Waals surface area (Å²) in [5, 5.41) is 6.44. The summed E-state index contributed by atoms with van der Waals surface area (Å²) in [5.41, 5.74) is 2.50. The van der Waals surface area contributed by atoms with Gasteiger partial charge >= 0.3 is 0 Å². The van der Waals surface area contributed by atoms with E-state index in [9.17, 15) is 4.79 Å². The van der Waals surface area contributed by atoms with E-state index in [1.807, 2.05) is 0 Å². The van der Waals surface area contributed by atoms with Gasteiger partial charge in [-0.1, -0.05) is 12.1 Å². The van der Waals surface area contributed by atoms with E-state index >= 15 is 0 Å². The molecule has 0 saturated carbocycles. The summed E-state index contributed by atoms with van der Waals surface area (Å²) < 4.78 is 0. The Morgan fingerprint density at radius 1 is 1.28 bits per heavy atom. The van der Waals surface area contributed by atoms with Crippen LogP contribution < -0.4 is 15.5 Å². The van der Waals surface area contributed by atoms with E-state index in [1.165, 1.54) is 24.1 Å². The number of amides is 1. The Labute approximate surface area is 164 Å². The average molecular weight is 390 g/mol. The molecule has 0 radical (unpaired) electrons. The standard InChI is InChI=1S/C19H31N3O.2ClH/c1-3-22(18-6-4-5-16(2)15-18)14-13-21-19(23)8-7-17-9-11-20-12-10-17;;/h4-6,15,17,20H,3,7-14H2,1-2H3,(H,21,23);2*1H. The first-order valence-electron chi connectivity index (χ1n) is 8.98. The Morgan fingerprint density at radius 3 is 2.64 bits per heavy atom. The van der Waals surface area contributed by atoms with Gasteiger partial charge < -0.3 is 15.5 Å². The minimum Gasteiger partial charge on any atom is -0.370 e. The van der Waals surface area contributed by atoms with Gasteiger partial charge in [0.2, 0.25) is 5.91 Å². The highest BCUT2D eigenvalue weighted by molar-refractivity contribution is 5.85. The maximum absolute atomic E-state index is 12.0. The number of hydrogen-bond donors (Lipinski definition) is 2. The van der Waals surface area contributed by atoms with Crippen LogP contribution in [0.3, 0.4) is 0 Å². The monoisotopic (exact) mass is 389 g/mol. The minimum atomic E-state index is 0. The van der Waals surface area contributed by atoms with Crippen LogP contribution >= 0.6 is 24.8 Å². The predicted octanol–water partition coefficient (Wildman–Crippen LogP) is 3.56. The lowest BCUT2D eigenvalue weighted by atomic mass is 9.93. The number of hydrogen-bond acceptors (Lipinski definition) is 3. The zero-order valence-electron chi connectivity index (χ0n) is 15.4. The number of likely N-dealkylation sites (N-methyl/N-ethyl adjacent to an activating group) is 1. The molecule has 2 rings (SSSR count). The van der Waals surface area contributed by atoms with Gasteiger partial charge in [0, 0.05) is 31.7 Å². The van der Waals surface area contributed by atoms with Crippen LogP contribution in [-0.4, -0.2) is 38.6 Å². The maximum atomic E-state index is 12.0. The molecule has 1 heterocycles. The number of benzene rings is 1. The van der Waals surface area contributed by atoms with Crippen molar-refractivity contribution < 1.29 is 4.79 Å². The van der Waals surface area contributed by atoms with Gasteiger partial charge in [0.15, 0.2) is 0 Å². The van der Waals surface area contributed by atoms with Crippen LogP contribution in [0, 0.1) is 12.8 Å². The van der Waals surface area contributed by atoms with Gasteiger partial charge in [-0.15, -0.1) is 24.8 Å². The molecule has 1 amide bonds. The minimum absolute atomic E-state index is 0. The number of carbonyl (C=O) groups excluding carboxylic acids is 1. The first-order chi connectivity index (χ1) is 11.2. The Balaban J connectivity index is 0.00000288. The number of aryl methyl sites for hydroxylation is 1. The normalized spacial score (nSPS) is 14.2. The summed E-state index contributed by atoms with van der Waals surface area (Å²) in [5.74, 6) is 0.922. The number of nitrogens with zero attached hydrogens (tertiary/aromatic N) is 1. The Hall–Kier alpha value is -0.970. The van der Waals surface area contributed by atoms with Gasteiger partial charge in [0.1, 0.15) is 0 Å². The lowest BCUT2D eigenvalue weighted by Crippen LogP contribution is -2.35. The molecule has 0 aromatic heterocycles. The second kappa shape index (κ2) is 13.3. The SMILES string of the molecule is CCN(CCNC(=O)CCC1CCNCC1)c1cccc(C)c1.Cl.Cl. The lowest BCUT2D eigenvalue weighted by molar-refractivity contribution is -0.121. The molecule has 0 atom stereocenters. The van der Waals surface area contributed by atoms with Crippen molar-refractivity contribution >= 4 is 36.4 Å². The second-order valence-corrected chi connectivity index (χ2v) is 6.50. The molecular formula is C19H33Cl2N3O. The molecule has 1 fully saturated rings. The van der Waals surface area contributed by atoms with E-state index in [0.29, 0.717) is 13.0 Å². The quantitative estimate of drug-likeness (QED) is 0.714. The largest absolute Gasteiger partial charge is 0.370 e. The fourth-order valence-electron chi connectivity index (χ4n) is 3.22. The van der Waals surface area contributed by atoms with Crippen molar-refractivity contribution in [3.63, 3.8) is 0 Å². The van der Waals surface area contributed by atoms with Crippen molar-refractivity contribution in [3.8, 4) is 0 Å². The summed E-state index contributed by atoms with van der Waals surface area (Å²) in [6.07, 6.45) is 4.12. The van der Waals surface area contributed by atoms with Crippen LogP contribution in [0.1, 0.15) is 38.2 Å². The summed E-state index contributed by atoms with van der Waals surface area (Å²) in [7, 11) is 0. The van der Waals surface area contributed by atoms with Gasteiger partial charge in [-0.25, -0.2) is 0 Å². The smallest absolute Gasteiger partial charge is 0.220 e. The first kappa shape index (κ1) is 24.0. The molecule has 0 spiro atoms. The molecule has 0 unspecified atom stereocenters. The van der Waals surface area contributed by atoms with Crippen LogP contribution in [0.4, 0.5) is 5.69 Å². The zero-order valence-corrected chi connectivity index (χ0v) is 17.1. The predicted molar refractivity (Wildman–Crippen MR) is 111 cm³/mol. The zero-order chi connectivity index (χ0) is 16.5. The van der Waals surface area contributed by atoms with Crippen LogP contribution in [0.2, 0.25) is 0 Å². The van der Waals surface area contributed by atoms with E-state index in [-0.39, 0.29) is 30.7 Å². The first-order valence-corrected chi connectivity index (χ1v) is 8.98. The molecule has 1 aromatic rings. The van der Waals surface area contributed by atoms with Crippen molar-refractivity contribution in [2.45, 2.75) is 39.5 Å². The molecule has 25 heavy (non-hydrogen) atoms. The van der Waals surface area contributed by atoms with Crippen LogP contribution in [0.5, 0.6) is 0 Å². The molecule has 144 valence electrons. The van der Waals surface area contributed by atoms with Gasteiger partial charge in [-0.05, 0) is 69.8 Å². The number of anilines is 1. The fourth-order valence-corrected chi connectivity index (χ4v) is 3.22. The molecular weight excluding hydrogens is 357 g/mol. The number of nitrogens with one attached hydrogen (secondary N) is 2. The van der Waals surface area contributed by atoms with Crippen molar-refractivity contribution in [2.75, 3.05) is 37.6 Å². The van der Waals surface area contributed by atoms with Gasteiger partial charge in [-0.3, -0.25) is 4.79 Å². The highest BCUT2D eigenvalue weighted by Gasteiger charge is 2.14. The van der Waals surface area contributed by atoms with E-state index < -0.39 is 0 Å². The summed E-state index contributed by atoms with van der Waals surface area (Å²) in [4.78, 5) is 14.3. The summed E-state index contributed by atoms with van der Waals surface area (Å²) in [6, 6.07) is 8.53. The molecule has 2 N–H and O–H groups in total. The third-order valence-electron chi connectivity index (χ3n) is 4.69. The second-order valence-electron chi connectivity index (χ2n) is 6.50. The van der Waals surface area contributed by atoms with Crippen LogP contribution in [0.15, 0.2) is 24.3 Å². The molecule has 4 nitrogen and oxygen atoms in total. The molecule has 6 heteroatoms. The van der Waals surface area contributed by atoms with E-state index in [4.69, 9.17) is 0 Å². The average Bonchev–Trinajstić information content (AvgIpc) is 2.58. The Bertz CT molecular complexity index is 493. The summed E-state index contributed by atoms with van der Waals surface area (Å²) >= 11 is 0. The lowest BCUT2D eigenvalue weighted by Gasteiger charge is -2.24. The molecule has 0 aliphatic carbocycles. The highest BCUT2D eigenvalue weighted by Crippen LogP contribution is 2.17. The van der Waals surface area contributed by atoms with E-state index in [2.05, 4.69) is 53.6 Å². The fraction of sp³-hybridized carbons (Fsp3) is 0.632. The van der Waals surface area contributed by atoms with E-state index in [1.54, 1.807) is 0 Å². The van der Waals surface area contributed by atoms with Gasteiger partial charge in [0.05, 0.1) is 0 Å². The van der Waals surface area contributed by atoms with Gasteiger partial charge in [-0.2, -0.15) is 0 Å². The number of rotatable bonds is 8. The Morgan fingerprint density at radius 2 is 2.00 bits per heavy atom. The van der Waals surface area contributed by atoms with Crippen LogP contribution in [0.25, 0.3) is 0 Å². The third kappa shape index (κ3) is 8.80. The molecule has 1 aliphatic rings. The van der Waals surface area contributed by atoms with Crippen molar-refractivity contribution in [1.82, 2.24) is 10.6 Å². The summed E-state index contributed by atoms with van der Waals surface area (Å²) in [6.45, 7) is 9.00. The number of halogens is 2. The molecule has 1 aromatic carbocycles. The van der Waals surface area contributed by atoms with Crippen molar-refractivity contribution in [2.24, 2.45) is 5.92 Å². The molecule has 0 bridgehead atoms. The van der Waals surface area contributed by atoms with E-state index in [0.717, 1.165) is 38.5 Å². The van der Waals surface area contributed by atoms with Crippen molar-refractivity contribution in [1.29, 1.82) is 0 Å². The highest BCUT2D eigenvalue weighted by atomic mass is 35.5.